The van der Waals surface area contributed by atoms with Crippen molar-refractivity contribution in [2.24, 2.45) is 0 Å². The van der Waals surface area contributed by atoms with E-state index < -0.39 is 40.5 Å². The Labute approximate surface area is 383 Å². The third-order valence-electron chi connectivity index (χ3n) is 12.8. The SMILES string of the molecule is CC(C)(C)c1ccc(-c2sc(-c3ccc(C4(C)OCCO4)cc3)cc2C2=C(c3cc(-c4ccc(C5(C)OCCO5)cc4)sc3-c3ccc(C(C)(C)C)cc3)C(F)(F)C(F)(F)C2(F)F)cc1. The standard InChI is InChI=1S/C53H50F6O4S2/c1-47(2,3)35-17-13-33(14-18-35)45-39(29-41(64-45)31-9-21-37(22-10-31)49(7)60-25-26-61-49)43-44(52(56,57)53(58,59)51(43,54)55)40-30-42(32-11-23-38(24-12-32)50(8)62-27-28-63-50)65-46(40)34-15-19-36(20-16-34)48(4,5)6/h9-24,29-30H,25-28H2,1-8H3. The Kier molecular flexibility index (Phi) is 11.1. The van der Waals surface area contributed by atoms with Crippen LogP contribution in [0.25, 0.3) is 52.9 Å². The predicted octanol–water partition coefficient (Wildman–Crippen LogP) is 15.3. The molecule has 2 aliphatic heterocycles. The molecule has 9 rings (SSSR count). The Morgan fingerprint density at radius 3 is 1.02 bits per heavy atom. The van der Waals surface area contributed by atoms with Gasteiger partial charge in [0.25, 0.3) is 0 Å². The van der Waals surface area contributed by atoms with Gasteiger partial charge in [-0.1, -0.05) is 139 Å². The summed E-state index contributed by atoms with van der Waals surface area (Å²) in [6.07, 6.45) is 0. The van der Waals surface area contributed by atoms with Crippen molar-refractivity contribution in [1.82, 2.24) is 0 Å². The molecule has 0 radical (unpaired) electrons. The first-order valence-electron chi connectivity index (χ1n) is 21.6. The van der Waals surface area contributed by atoms with Gasteiger partial charge in [0.1, 0.15) is 0 Å². The fraction of sp³-hybridized carbons (Fsp3) is 0.358. The van der Waals surface area contributed by atoms with Crippen molar-refractivity contribution in [1.29, 1.82) is 0 Å². The summed E-state index contributed by atoms with van der Waals surface area (Å²) in [5.41, 5.74) is 1.22. The van der Waals surface area contributed by atoms with E-state index >= 15 is 26.3 Å². The number of hydrogen-bond acceptors (Lipinski definition) is 6. The molecule has 4 nitrogen and oxygen atoms in total. The summed E-state index contributed by atoms with van der Waals surface area (Å²) in [6.45, 7) is 17.4. The highest BCUT2D eigenvalue weighted by Gasteiger charge is 2.80. The summed E-state index contributed by atoms with van der Waals surface area (Å²) in [5.74, 6) is -18.3. The first-order valence-corrected chi connectivity index (χ1v) is 23.2. The zero-order valence-electron chi connectivity index (χ0n) is 37.4. The Hall–Kier alpha value is -4.56. The number of allylic oxidation sites excluding steroid dienone is 2. The Morgan fingerprint density at radius 2 is 0.723 bits per heavy atom. The number of ether oxygens (including phenoxy) is 4. The minimum Gasteiger partial charge on any atom is -0.344 e. The first-order chi connectivity index (χ1) is 30.4. The maximum atomic E-state index is 17.0. The largest absolute Gasteiger partial charge is 0.380 e. The third-order valence-corrected chi connectivity index (χ3v) is 15.2. The summed E-state index contributed by atoms with van der Waals surface area (Å²) in [7, 11) is 0. The molecular weight excluding hydrogens is 879 g/mol. The Balaban J connectivity index is 1.29. The summed E-state index contributed by atoms with van der Waals surface area (Å²) >= 11 is 2.16. The zero-order chi connectivity index (χ0) is 46.5. The van der Waals surface area contributed by atoms with E-state index in [0.717, 1.165) is 44.9 Å². The molecule has 4 heterocycles. The van der Waals surface area contributed by atoms with Crippen LogP contribution >= 0.6 is 22.7 Å². The second-order valence-electron chi connectivity index (χ2n) is 19.3. The van der Waals surface area contributed by atoms with Crippen LogP contribution in [0.2, 0.25) is 0 Å². The second-order valence-corrected chi connectivity index (χ2v) is 21.4. The highest BCUT2D eigenvalue weighted by atomic mass is 32.1. The lowest BCUT2D eigenvalue weighted by Gasteiger charge is -2.26. The van der Waals surface area contributed by atoms with E-state index in [9.17, 15) is 0 Å². The molecule has 0 unspecified atom stereocenters. The van der Waals surface area contributed by atoms with Crippen molar-refractivity contribution in [3.8, 4) is 41.8 Å². The molecule has 2 saturated heterocycles. The van der Waals surface area contributed by atoms with Crippen LogP contribution in [0.1, 0.15) is 88.8 Å². The molecule has 0 amide bonds. The summed E-state index contributed by atoms with van der Waals surface area (Å²) in [5, 5.41) is 0. The second kappa shape index (κ2) is 15.8. The van der Waals surface area contributed by atoms with E-state index in [1.165, 1.54) is 12.1 Å². The zero-order valence-corrected chi connectivity index (χ0v) is 39.1. The van der Waals surface area contributed by atoms with Crippen molar-refractivity contribution in [2.75, 3.05) is 26.4 Å². The number of thiophene rings is 2. The van der Waals surface area contributed by atoms with Crippen molar-refractivity contribution >= 4 is 33.8 Å². The van der Waals surface area contributed by atoms with Crippen molar-refractivity contribution in [3.63, 3.8) is 0 Å². The lowest BCUT2D eigenvalue weighted by molar-refractivity contribution is -0.254. The van der Waals surface area contributed by atoms with E-state index in [0.29, 0.717) is 58.4 Å². The molecule has 12 heteroatoms. The first kappa shape index (κ1) is 45.6. The molecular formula is C53H50F6O4S2. The third kappa shape index (κ3) is 7.71. The maximum Gasteiger partial charge on any atom is 0.380 e. The summed E-state index contributed by atoms with van der Waals surface area (Å²) in [6, 6.07) is 31.3. The van der Waals surface area contributed by atoms with Gasteiger partial charge in [0.15, 0.2) is 11.6 Å². The molecule has 4 aromatic carbocycles. The molecule has 0 N–H and O–H groups in total. The van der Waals surface area contributed by atoms with Gasteiger partial charge in [-0.2, -0.15) is 26.3 Å². The van der Waals surface area contributed by atoms with Gasteiger partial charge in [-0.15, -0.1) is 22.7 Å². The minimum absolute atomic E-state index is 0.159. The minimum atomic E-state index is -5.79. The normalized spacial score (nSPS) is 19.9. The average Bonchev–Trinajstić information content (AvgIpc) is 4.11. The quantitative estimate of drug-likeness (QED) is 0.143. The molecule has 1 aliphatic carbocycles. The smallest absolute Gasteiger partial charge is 0.344 e. The van der Waals surface area contributed by atoms with Gasteiger partial charge in [-0.25, -0.2) is 0 Å². The van der Waals surface area contributed by atoms with Crippen molar-refractivity contribution in [3.05, 3.63) is 143 Å². The fourth-order valence-corrected chi connectivity index (χ4v) is 11.1. The number of alkyl halides is 6. The molecule has 340 valence electrons. The molecule has 0 atom stereocenters. The average molecular weight is 929 g/mol. The van der Waals surface area contributed by atoms with E-state index in [1.807, 2.05) is 65.8 Å². The lowest BCUT2D eigenvalue weighted by atomic mass is 9.86. The van der Waals surface area contributed by atoms with Gasteiger partial charge in [0.05, 0.1) is 26.4 Å². The summed E-state index contributed by atoms with van der Waals surface area (Å²) in [4.78, 5) is 1.17. The van der Waals surface area contributed by atoms with E-state index in [1.54, 1.807) is 86.6 Å². The van der Waals surface area contributed by atoms with Gasteiger partial charge >= 0.3 is 17.8 Å². The van der Waals surface area contributed by atoms with Crippen LogP contribution in [0.5, 0.6) is 0 Å². The molecule has 2 aromatic heterocycles. The van der Waals surface area contributed by atoms with Gasteiger partial charge in [0.2, 0.25) is 0 Å². The molecule has 65 heavy (non-hydrogen) atoms. The highest BCUT2D eigenvalue weighted by Crippen LogP contribution is 2.67. The molecule has 6 aromatic rings. The van der Waals surface area contributed by atoms with Gasteiger partial charge in [-0.3, -0.25) is 0 Å². The van der Waals surface area contributed by atoms with Crippen LogP contribution in [0.3, 0.4) is 0 Å². The molecule has 0 saturated carbocycles. The highest BCUT2D eigenvalue weighted by molar-refractivity contribution is 7.19. The van der Waals surface area contributed by atoms with Crippen molar-refractivity contribution < 1.29 is 45.3 Å². The van der Waals surface area contributed by atoms with Crippen LogP contribution < -0.4 is 0 Å². The van der Waals surface area contributed by atoms with Crippen LogP contribution in [0.15, 0.2) is 109 Å². The number of benzene rings is 4. The van der Waals surface area contributed by atoms with Crippen LogP contribution in [-0.2, 0) is 41.4 Å². The van der Waals surface area contributed by atoms with E-state index in [4.69, 9.17) is 18.9 Å². The van der Waals surface area contributed by atoms with Gasteiger partial charge < -0.3 is 18.9 Å². The monoisotopic (exact) mass is 928 g/mol. The van der Waals surface area contributed by atoms with Crippen LogP contribution in [-0.4, -0.2) is 44.2 Å². The molecule has 0 spiro atoms. The predicted molar refractivity (Wildman–Crippen MR) is 248 cm³/mol. The number of rotatable bonds is 8. The lowest BCUT2D eigenvalue weighted by Crippen LogP contribution is -2.48. The van der Waals surface area contributed by atoms with Crippen molar-refractivity contribution in [2.45, 2.75) is 95.6 Å². The van der Waals surface area contributed by atoms with Crippen LogP contribution in [0.4, 0.5) is 26.3 Å². The van der Waals surface area contributed by atoms with E-state index in [-0.39, 0.29) is 31.7 Å². The fourth-order valence-electron chi connectivity index (χ4n) is 8.78. The molecule has 2 fully saturated rings. The Bertz CT molecular complexity index is 2570. The van der Waals surface area contributed by atoms with Gasteiger partial charge in [-0.05, 0) is 70.2 Å². The molecule has 0 bridgehead atoms. The van der Waals surface area contributed by atoms with Crippen LogP contribution in [0, 0.1) is 0 Å². The Morgan fingerprint density at radius 1 is 0.431 bits per heavy atom. The topological polar surface area (TPSA) is 36.9 Å². The summed E-state index contributed by atoms with van der Waals surface area (Å²) < 4.78 is 124. The number of halogens is 6. The van der Waals surface area contributed by atoms with Gasteiger partial charge in [0, 0.05) is 52.9 Å². The molecule has 3 aliphatic rings. The maximum absolute atomic E-state index is 17.0. The van der Waals surface area contributed by atoms with E-state index in [2.05, 4.69) is 0 Å². The number of hydrogen-bond donors (Lipinski definition) is 0.